The number of aromatic amines is 1. The van der Waals surface area contributed by atoms with Gasteiger partial charge in [0.15, 0.2) is 0 Å². The summed E-state index contributed by atoms with van der Waals surface area (Å²) in [4.78, 5) is 7.00. The van der Waals surface area contributed by atoms with Gasteiger partial charge in [-0.1, -0.05) is 34.6 Å². The molecule has 0 bridgehead atoms. The summed E-state index contributed by atoms with van der Waals surface area (Å²) in [6, 6.07) is 0. The molecular weight excluding hydrogens is 136 g/mol. The van der Waals surface area contributed by atoms with Crippen molar-refractivity contribution in [1.82, 2.24) is 9.97 Å². The van der Waals surface area contributed by atoms with Crippen LogP contribution in [0, 0.1) is 0 Å². The van der Waals surface area contributed by atoms with Gasteiger partial charge in [-0.05, 0) is 0 Å². The maximum absolute atomic E-state index is 3.93. The zero-order valence-electron chi connectivity index (χ0n) is 8.10. The Bertz CT molecular complexity index is 170. The van der Waals surface area contributed by atoms with Gasteiger partial charge in [0.05, 0.1) is 6.33 Å². The van der Waals surface area contributed by atoms with Crippen molar-refractivity contribution in [3.05, 3.63) is 18.2 Å². The van der Waals surface area contributed by atoms with E-state index in [4.69, 9.17) is 0 Å². The lowest BCUT2D eigenvalue weighted by Crippen LogP contribution is -2.10. The third kappa shape index (κ3) is 3.21. The van der Waals surface area contributed by atoms with E-state index in [9.17, 15) is 0 Å². The topological polar surface area (TPSA) is 28.7 Å². The predicted molar refractivity (Wildman–Crippen MR) is 48.6 cm³/mol. The maximum atomic E-state index is 3.93. The lowest BCUT2D eigenvalue weighted by Gasteiger charge is -2.14. The molecule has 0 saturated carbocycles. The summed E-state index contributed by atoms with van der Waals surface area (Å²) in [5.41, 5.74) is 1.39. The van der Waals surface area contributed by atoms with Gasteiger partial charge in [-0.15, -0.1) is 0 Å². The van der Waals surface area contributed by atoms with Gasteiger partial charge in [0.2, 0.25) is 0 Å². The highest BCUT2D eigenvalue weighted by molar-refractivity contribution is 5.07. The van der Waals surface area contributed by atoms with Gasteiger partial charge >= 0.3 is 0 Å². The van der Waals surface area contributed by atoms with Gasteiger partial charge < -0.3 is 4.98 Å². The molecule has 2 nitrogen and oxygen atoms in total. The SMILES string of the molecule is CC.CC(C)(C)c1cnc[nH]1. The number of nitrogens with zero attached hydrogens (tertiary/aromatic N) is 1. The zero-order valence-corrected chi connectivity index (χ0v) is 8.10. The molecule has 0 aliphatic rings. The van der Waals surface area contributed by atoms with E-state index in [1.54, 1.807) is 6.33 Å². The molecule has 0 amide bonds. The van der Waals surface area contributed by atoms with Crippen LogP contribution in [0.5, 0.6) is 0 Å². The molecule has 64 valence electrons. The first-order valence-corrected chi connectivity index (χ1v) is 4.09. The molecule has 0 aromatic carbocycles. The number of H-pyrrole nitrogens is 1. The number of rotatable bonds is 0. The quantitative estimate of drug-likeness (QED) is 0.611. The Morgan fingerprint density at radius 1 is 1.27 bits per heavy atom. The number of hydrogen-bond acceptors (Lipinski definition) is 1. The highest BCUT2D eigenvalue weighted by atomic mass is 14.9. The Morgan fingerprint density at radius 2 is 1.82 bits per heavy atom. The van der Waals surface area contributed by atoms with Crippen LogP contribution < -0.4 is 0 Å². The third-order valence-electron chi connectivity index (χ3n) is 1.31. The summed E-state index contributed by atoms with van der Waals surface area (Å²) >= 11 is 0. The summed E-state index contributed by atoms with van der Waals surface area (Å²) < 4.78 is 0. The average Bonchev–Trinajstić information content (AvgIpc) is 2.40. The number of aromatic nitrogens is 2. The Hall–Kier alpha value is -0.790. The van der Waals surface area contributed by atoms with Crippen LogP contribution in [0.1, 0.15) is 40.3 Å². The van der Waals surface area contributed by atoms with Crippen molar-refractivity contribution >= 4 is 0 Å². The smallest absolute Gasteiger partial charge is 0.0921 e. The molecular formula is C9H18N2. The van der Waals surface area contributed by atoms with Crippen LogP contribution in [-0.4, -0.2) is 9.97 Å². The molecule has 2 heteroatoms. The highest BCUT2D eigenvalue weighted by Gasteiger charge is 2.13. The van der Waals surface area contributed by atoms with Crippen LogP contribution in [0.15, 0.2) is 12.5 Å². The molecule has 0 radical (unpaired) electrons. The Kier molecular flexibility index (Phi) is 3.86. The molecule has 0 saturated heterocycles. The Labute approximate surface area is 69.1 Å². The molecule has 0 unspecified atom stereocenters. The Morgan fingerprint density at radius 3 is 2.00 bits per heavy atom. The fourth-order valence-electron chi connectivity index (χ4n) is 0.666. The van der Waals surface area contributed by atoms with Gasteiger partial charge in [-0.3, -0.25) is 0 Å². The van der Waals surface area contributed by atoms with E-state index in [1.807, 2.05) is 20.0 Å². The zero-order chi connectivity index (χ0) is 8.91. The summed E-state index contributed by atoms with van der Waals surface area (Å²) in [6.07, 6.45) is 3.57. The van der Waals surface area contributed by atoms with E-state index in [2.05, 4.69) is 30.7 Å². The van der Waals surface area contributed by atoms with Crippen LogP contribution in [0.3, 0.4) is 0 Å². The largest absolute Gasteiger partial charge is 0.348 e. The van der Waals surface area contributed by atoms with E-state index in [1.165, 1.54) is 5.69 Å². The molecule has 1 rings (SSSR count). The van der Waals surface area contributed by atoms with Crippen LogP contribution in [-0.2, 0) is 5.41 Å². The van der Waals surface area contributed by atoms with Crippen LogP contribution in [0.4, 0.5) is 0 Å². The van der Waals surface area contributed by atoms with Crippen molar-refractivity contribution in [2.75, 3.05) is 0 Å². The molecule has 0 aliphatic carbocycles. The normalized spacial score (nSPS) is 10.3. The molecule has 11 heavy (non-hydrogen) atoms. The van der Waals surface area contributed by atoms with Gasteiger partial charge in [-0.25, -0.2) is 4.98 Å². The van der Waals surface area contributed by atoms with Gasteiger partial charge in [0.25, 0.3) is 0 Å². The van der Waals surface area contributed by atoms with E-state index < -0.39 is 0 Å². The minimum Gasteiger partial charge on any atom is -0.348 e. The molecule has 0 fully saturated rings. The minimum absolute atomic E-state index is 0.205. The lowest BCUT2D eigenvalue weighted by molar-refractivity contribution is 0.572. The highest BCUT2D eigenvalue weighted by Crippen LogP contribution is 2.17. The number of imidazole rings is 1. The van der Waals surface area contributed by atoms with E-state index >= 15 is 0 Å². The monoisotopic (exact) mass is 154 g/mol. The predicted octanol–water partition coefficient (Wildman–Crippen LogP) is 2.73. The van der Waals surface area contributed by atoms with Crippen molar-refractivity contribution in [1.29, 1.82) is 0 Å². The lowest BCUT2D eigenvalue weighted by atomic mass is 9.93. The van der Waals surface area contributed by atoms with E-state index in [-0.39, 0.29) is 5.41 Å². The molecule has 0 spiro atoms. The van der Waals surface area contributed by atoms with Crippen molar-refractivity contribution in [2.45, 2.75) is 40.0 Å². The molecule has 1 N–H and O–H groups in total. The van der Waals surface area contributed by atoms with Gasteiger partial charge in [-0.2, -0.15) is 0 Å². The van der Waals surface area contributed by atoms with Crippen molar-refractivity contribution in [3.8, 4) is 0 Å². The second-order valence-electron chi connectivity index (χ2n) is 3.22. The first kappa shape index (κ1) is 10.2. The van der Waals surface area contributed by atoms with Crippen molar-refractivity contribution in [2.24, 2.45) is 0 Å². The van der Waals surface area contributed by atoms with Gasteiger partial charge in [0, 0.05) is 17.3 Å². The minimum atomic E-state index is 0.205. The molecule has 1 aromatic heterocycles. The summed E-state index contributed by atoms with van der Waals surface area (Å²) in [7, 11) is 0. The summed E-state index contributed by atoms with van der Waals surface area (Å²) in [5.74, 6) is 0. The molecule has 0 atom stereocenters. The molecule has 1 aromatic rings. The fraction of sp³-hybridized carbons (Fsp3) is 0.667. The van der Waals surface area contributed by atoms with Crippen molar-refractivity contribution in [3.63, 3.8) is 0 Å². The van der Waals surface area contributed by atoms with Gasteiger partial charge in [0.1, 0.15) is 0 Å². The standard InChI is InChI=1S/C7H12N2.C2H6/c1-7(2,3)6-4-8-5-9-6;1-2/h4-5H,1-3H3,(H,8,9);1-2H3. The van der Waals surface area contributed by atoms with Crippen LogP contribution in [0.25, 0.3) is 0 Å². The summed E-state index contributed by atoms with van der Waals surface area (Å²) in [6.45, 7) is 10.5. The summed E-state index contributed by atoms with van der Waals surface area (Å²) in [5, 5.41) is 0. The average molecular weight is 154 g/mol. The fourth-order valence-corrected chi connectivity index (χ4v) is 0.666. The molecule has 1 heterocycles. The number of nitrogens with one attached hydrogen (secondary N) is 1. The second kappa shape index (κ2) is 4.16. The number of hydrogen-bond donors (Lipinski definition) is 1. The third-order valence-corrected chi connectivity index (χ3v) is 1.31. The van der Waals surface area contributed by atoms with Crippen LogP contribution in [0.2, 0.25) is 0 Å². The van der Waals surface area contributed by atoms with E-state index in [0.717, 1.165) is 0 Å². The maximum Gasteiger partial charge on any atom is 0.0921 e. The first-order valence-electron chi connectivity index (χ1n) is 4.09. The first-order chi connectivity index (χ1) is 5.11. The Balaban J connectivity index is 0.000000461. The van der Waals surface area contributed by atoms with Crippen LogP contribution >= 0.6 is 0 Å². The molecule has 0 aliphatic heterocycles. The van der Waals surface area contributed by atoms with E-state index in [0.29, 0.717) is 0 Å². The second-order valence-corrected chi connectivity index (χ2v) is 3.22. The van der Waals surface area contributed by atoms with Crippen molar-refractivity contribution < 1.29 is 0 Å².